The van der Waals surface area contributed by atoms with Gasteiger partial charge in [0.1, 0.15) is 5.75 Å². The molecular weight excluding hydrogens is 304 g/mol. The molecule has 0 fully saturated rings. The van der Waals surface area contributed by atoms with E-state index in [1.54, 1.807) is 11.7 Å². The Morgan fingerprint density at radius 1 is 1.21 bits per heavy atom. The fraction of sp³-hybridized carbons (Fsp3) is 0.444. The van der Waals surface area contributed by atoms with Crippen LogP contribution in [0.3, 0.4) is 0 Å². The molecular formula is C18H24N4O2. The second-order valence-electron chi connectivity index (χ2n) is 6.13. The van der Waals surface area contributed by atoms with Crippen LogP contribution in [0.25, 0.3) is 0 Å². The van der Waals surface area contributed by atoms with E-state index in [0.717, 1.165) is 30.1 Å². The summed E-state index contributed by atoms with van der Waals surface area (Å²) in [6, 6.07) is 7.84. The summed E-state index contributed by atoms with van der Waals surface area (Å²) in [5.74, 6) is 1.45. The second kappa shape index (κ2) is 6.65. The zero-order chi connectivity index (χ0) is 17.3. The monoisotopic (exact) mass is 328 g/mol. The van der Waals surface area contributed by atoms with Crippen LogP contribution >= 0.6 is 0 Å². The van der Waals surface area contributed by atoms with Crippen LogP contribution in [0.1, 0.15) is 24.6 Å². The Labute approximate surface area is 142 Å². The number of nitrogens with zero attached hydrogens (tertiary/aromatic N) is 4. The van der Waals surface area contributed by atoms with Crippen molar-refractivity contribution in [2.45, 2.75) is 33.9 Å². The molecule has 1 aromatic carbocycles. The first-order chi connectivity index (χ1) is 11.6. The first-order valence-corrected chi connectivity index (χ1v) is 8.27. The van der Waals surface area contributed by atoms with Crippen molar-refractivity contribution in [2.24, 2.45) is 0 Å². The van der Waals surface area contributed by atoms with E-state index in [9.17, 15) is 4.79 Å². The second-order valence-corrected chi connectivity index (χ2v) is 6.13. The maximum atomic E-state index is 12.8. The van der Waals surface area contributed by atoms with Crippen LogP contribution in [-0.2, 0) is 6.67 Å². The molecule has 24 heavy (non-hydrogen) atoms. The highest BCUT2D eigenvalue weighted by atomic mass is 16.5. The molecule has 0 amide bonds. The van der Waals surface area contributed by atoms with Crippen molar-refractivity contribution in [1.82, 2.24) is 14.5 Å². The Balaban J connectivity index is 2.18. The quantitative estimate of drug-likeness (QED) is 0.863. The van der Waals surface area contributed by atoms with Gasteiger partial charge >= 0.3 is 0 Å². The molecule has 3 rings (SSSR count). The Hall–Kier alpha value is -2.34. The van der Waals surface area contributed by atoms with Crippen LogP contribution in [0.4, 0.5) is 11.6 Å². The minimum Gasteiger partial charge on any atom is -0.495 e. The molecule has 0 atom stereocenters. The molecule has 1 aromatic heterocycles. The molecule has 0 aliphatic carbocycles. The molecule has 0 unspecified atom stereocenters. The number of hydrogen-bond donors (Lipinski definition) is 0. The smallest absolute Gasteiger partial charge is 0.259 e. The highest BCUT2D eigenvalue weighted by Crippen LogP contribution is 2.34. The summed E-state index contributed by atoms with van der Waals surface area (Å²) < 4.78 is 7.28. The van der Waals surface area contributed by atoms with Gasteiger partial charge in [0.25, 0.3) is 5.56 Å². The number of para-hydroxylation sites is 2. The number of fused-ring (bicyclic) bond motifs is 1. The molecule has 0 radical (unpaired) electrons. The first-order valence-electron chi connectivity index (χ1n) is 8.27. The van der Waals surface area contributed by atoms with Crippen molar-refractivity contribution in [3.05, 3.63) is 45.9 Å². The zero-order valence-corrected chi connectivity index (χ0v) is 14.7. The van der Waals surface area contributed by atoms with Crippen LogP contribution in [0.15, 0.2) is 29.1 Å². The van der Waals surface area contributed by atoms with Crippen molar-refractivity contribution < 1.29 is 4.74 Å². The minimum absolute atomic E-state index is 0.0261. The van der Waals surface area contributed by atoms with Gasteiger partial charge in [-0.05, 0) is 32.4 Å². The molecule has 0 N–H and O–H groups in total. The number of benzene rings is 1. The van der Waals surface area contributed by atoms with Crippen LogP contribution in [0.5, 0.6) is 5.75 Å². The van der Waals surface area contributed by atoms with E-state index < -0.39 is 0 Å². The molecule has 0 bridgehead atoms. The van der Waals surface area contributed by atoms with Crippen molar-refractivity contribution >= 4 is 11.6 Å². The van der Waals surface area contributed by atoms with Gasteiger partial charge in [-0.25, -0.2) is 4.98 Å². The largest absolute Gasteiger partial charge is 0.495 e. The van der Waals surface area contributed by atoms with Crippen molar-refractivity contribution in [1.29, 1.82) is 0 Å². The maximum absolute atomic E-state index is 12.8. The minimum atomic E-state index is 0.0261. The van der Waals surface area contributed by atoms with E-state index in [1.807, 2.05) is 38.1 Å². The molecule has 1 aliphatic rings. The summed E-state index contributed by atoms with van der Waals surface area (Å²) in [4.78, 5) is 21.8. The van der Waals surface area contributed by atoms with Crippen molar-refractivity contribution in [3.63, 3.8) is 0 Å². The molecule has 2 heterocycles. The number of hydrogen-bond acceptors (Lipinski definition) is 5. The highest BCUT2D eigenvalue weighted by molar-refractivity contribution is 5.66. The Morgan fingerprint density at radius 2 is 1.96 bits per heavy atom. The molecule has 128 valence electrons. The SMILES string of the molecule is CCCN1CN(c2ccccc2OC)c2nc(C)c(C)c(=O)n2C1. The summed E-state index contributed by atoms with van der Waals surface area (Å²) in [5, 5.41) is 0. The van der Waals surface area contributed by atoms with E-state index in [4.69, 9.17) is 9.72 Å². The van der Waals surface area contributed by atoms with Gasteiger partial charge in [0.05, 0.1) is 26.1 Å². The Kier molecular flexibility index (Phi) is 4.57. The van der Waals surface area contributed by atoms with Gasteiger partial charge in [0, 0.05) is 17.8 Å². The van der Waals surface area contributed by atoms with E-state index in [0.29, 0.717) is 24.8 Å². The fourth-order valence-corrected chi connectivity index (χ4v) is 3.08. The third-order valence-corrected chi connectivity index (χ3v) is 4.46. The summed E-state index contributed by atoms with van der Waals surface area (Å²) >= 11 is 0. The summed E-state index contributed by atoms with van der Waals surface area (Å²) in [6.07, 6.45) is 1.03. The lowest BCUT2D eigenvalue weighted by Gasteiger charge is -2.38. The van der Waals surface area contributed by atoms with E-state index in [2.05, 4.69) is 16.7 Å². The number of anilines is 2. The van der Waals surface area contributed by atoms with Gasteiger partial charge in [-0.2, -0.15) is 0 Å². The van der Waals surface area contributed by atoms with E-state index in [-0.39, 0.29) is 5.56 Å². The topological polar surface area (TPSA) is 50.6 Å². The van der Waals surface area contributed by atoms with Gasteiger partial charge in [-0.15, -0.1) is 0 Å². The Morgan fingerprint density at radius 3 is 2.67 bits per heavy atom. The normalized spacial score (nSPS) is 14.6. The lowest BCUT2D eigenvalue weighted by molar-refractivity contribution is 0.198. The fourth-order valence-electron chi connectivity index (χ4n) is 3.08. The average molecular weight is 328 g/mol. The number of ether oxygens (including phenoxy) is 1. The van der Waals surface area contributed by atoms with Gasteiger partial charge < -0.3 is 4.74 Å². The highest BCUT2D eigenvalue weighted by Gasteiger charge is 2.28. The van der Waals surface area contributed by atoms with E-state index in [1.165, 1.54) is 0 Å². The van der Waals surface area contributed by atoms with Crippen LogP contribution < -0.4 is 15.2 Å². The van der Waals surface area contributed by atoms with Gasteiger partial charge in [-0.1, -0.05) is 19.1 Å². The zero-order valence-electron chi connectivity index (χ0n) is 14.7. The molecule has 6 nitrogen and oxygen atoms in total. The van der Waals surface area contributed by atoms with Gasteiger partial charge in [0.2, 0.25) is 5.95 Å². The molecule has 0 spiro atoms. The average Bonchev–Trinajstić information content (AvgIpc) is 2.60. The van der Waals surface area contributed by atoms with Crippen LogP contribution in [0.2, 0.25) is 0 Å². The maximum Gasteiger partial charge on any atom is 0.259 e. The summed E-state index contributed by atoms with van der Waals surface area (Å²) in [7, 11) is 1.66. The molecule has 6 heteroatoms. The molecule has 2 aromatic rings. The van der Waals surface area contributed by atoms with E-state index >= 15 is 0 Å². The molecule has 0 saturated carbocycles. The first kappa shape index (κ1) is 16.5. The number of rotatable bonds is 4. The third kappa shape index (κ3) is 2.78. The van der Waals surface area contributed by atoms with Crippen LogP contribution in [-0.4, -0.2) is 34.8 Å². The predicted molar refractivity (Wildman–Crippen MR) is 95.0 cm³/mol. The van der Waals surface area contributed by atoms with Gasteiger partial charge in [-0.3, -0.25) is 19.2 Å². The summed E-state index contributed by atoms with van der Waals surface area (Å²) in [5.41, 5.74) is 2.43. The standard InChI is InChI=1S/C18H24N4O2/c1-5-10-20-11-21(15-8-6-7-9-16(15)24-4)18-19-14(3)13(2)17(23)22(18)12-20/h6-9H,5,10-12H2,1-4H3. The third-order valence-electron chi connectivity index (χ3n) is 4.46. The number of aromatic nitrogens is 2. The van der Waals surface area contributed by atoms with Gasteiger partial charge in [0.15, 0.2) is 0 Å². The predicted octanol–water partition coefficient (Wildman–Crippen LogP) is 2.65. The van der Waals surface area contributed by atoms with Crippen molar-refractivity contribution in [3.8, 4) is 5.75 Å². The van der Waals surface area contributed by atoms with Crippen molar-refractivity contribution in [2.75, 3.05) is 25.2 Å². The number of aryl methyl sites for hydroxylation is 1. The lowest BCUT2D eigenvalue weighted by Crippen LogP contribution is -2.48. The lowest BCUT2D eigenvalue weighted by atomic mass is 10.2. The number of methoxy groups -OCH3 is 1. The molecule has 0 saturated heterocycles. The molecule has 1 aliphatic heterocycles. The summed E-state index contributed by atoms with van der Waals surface area (Å²) in [6.45, 7) is 8.04. The van der Waals surface area contributed by atoms with Crippen LogP contribution in [0, 0.1) is 13.8 Å². The Bertz CT molecular complexity index is 800.